The summed E-state index contributed by atoms with van der Waals surface area (Å²) in [4.78, 5) is 23.5. The summed E-state index contributed by atoms with van der Waals surface area (Å²) in [6, 6.07) is 0.249. The van der Waals surface area contributed by atoms with Crippen molar-refractivity contribution in [3.63, 3.8) is 0 Å². The zero-order valence-corrected chi connectivity index (χ0v) is 13.0. The number of ether oxygens (including phenoxy) is 3. The number of nitrogens with zero attached hydrogens (tertiary/aromatic N) is 1. The number of pyridine rings is 1. The van der Waals surface area contributed by atoms with E-state index >= 15 is 0 Å². The SMILES string of the molecule is COc1cn(C(CC2COCCO2)C(=O)O)c(=O)cc1Br. The van der Waals surface area contributed by atoms with Gasteiger partial charge in [0.2, 0.25) is 0 Å². The monoisotopic (exact) mass is 361 g/mol. The van der Waals surface area contributed by atoms with Crippen molar-refractivity contribution in [2.75, 3.05) is 26.9 Å². The Kier molecular flexibility index (Phi) is 5.38. The molecule has 0 bridgehead atoms. The first-order valence-corrected chi connectivity index (χ1v) is 7.20. The number of carbonyl (C=O) groups is 1. The maximum atomic E-state index is 12.0. The van der Waals surface area contributed by atoms with Gasteiger partial charge in [-0.15, -0.1) is 0 Å². The molecule has 0 radical (unpaired) electrons. The van der Waals surface area contributed by atoms with Gasteiger partial charge in [-0.25, -0.2) is 4.79 Å². The van der Waals surface area contributed by atoms with Crippen LogP contribution in [0.1, 0.15) is 12.5 Å². The van der Waals surface area contributed by atoms with Crippen LogP contribution in [0.15, 0.2) is 21.5 Å². The van der Waals surface area contributed by atoms with E-state index in [1.54, 1.807) is 0 Å². The molecule has 21 heavy (non-hydrogen) atoms. The fraction of sp³-hybridized carbons (Fsp3) is 0.538. The maximum absolute atomic E-state index is 12.0. The van der Waals surface area contributed by atoms with Gasteiger partial charge in [0.1, 0.15) is 11.8 Å². The molecule has 0 aromatic carbocycles. The molecule has 1 aromatic rings. The molecule has 1 aliphatic rings. The topological polar surface area (TPSA) is 87.0 Å². The van der Waals surface area contributed by atoms with Crippen molar-refractivity contribution in [3.8, 4) is 5.75 Å². The lowest BCUT2D eigenvalue weighted by atomic mass is 10.1. The lowest BCUT2D eigenvalue weighted by Gasteiger charge is -2.26. The van der Waals surface area contributed by atoms with Gasteiger partial charge in [0.25, 0.3) is 5.56 Å². The molecule has 116 valence electrons. The van der Waals surface area contributed by atoms with Crippen molar-refractivity contribution < 1.29 is 24.1 Å². The van der Waals surface area contributed by atoms with Crippen LogP contribution in [0.2, 0.25) is 0 Å². The Morgan fingerprint density at radius 3 is 2.95 bits per heavy atom. The number of methoxy groups -OCH3 is 1. The second-order valence-corrected chi connectivity index (χ2v) is 5.45. The summed E-state index contributed by atoms with van der Waals surface area (Å²) in [6.07, 6.45) is 1.19. The minimum absolute atomic E-state index is 0.153. The van der Waals surface area contributed by atoms with Crippen LogP contribution in [-0.2, 0) is 14.3 Å². The van der Waals surface area contributed by atoms with Crippen molar-refractivity contribution >= 4 is 21.9 Å². The minimum atomic E-state index is -1.10. The minimum Gasteiger partial charge on any atom is -0.494 e. The normalized spacial score (nSPS) is 20.0. The molecule has 1 saturated heterocycles. The molecule has 1 N–H and O–H groups in total. The van der Waals surface area contributed by atoms with Gasteiger partial charge in [0.15, 0.2) is 0 Å². The molecule has 2 unspecified atom stereocenters. The second-order valence-electron chi connectivity index (χ2n) is 4.59. The van der Waals surface area contributed by atoms with E-state index in [4.69, 9.17) is 14.2 Å². The third kappa shape index (κ3) is 3.84. The summed E-state index contributed by atoms with van der Waals surface area (Å²) >= 11 is 3.20. The highest BCUT2D eigenvalue weighted by Gasteiger charge is 2.27. The molecule has 1 fully saturated rings. The summed E-state index contributed by atoms with van der Waals surface area (Å²) in [6.45, 7) is 1.25. The first kappa shape index (κ1) is 16.0. The predicted molar refractivity (Wildman–Crippen MR) is 76.8 cm³/mol. The van der Waals surface area contributed by atoms with Crippen molar-refractivity contribution in [2.45, 2.75) is 18.6 Å². The van der Waals surface area contributed by atoms with Gasteiger partial charge in [-0.3, -0.25) is 9.36 Å². The number of carboxylic acids is 1. The largest absolute Gasteiger partial charge is 0.494 e. The Morgan fingerprint density at radius 2 is 2.38 bits per heavy atom. The van der Waals surface area contributed by atoms with Crippen LogP contribution < -0.4 is 10.3 Å². The van der Waals surface area contributed by atoms with E-state index in [9.17, 15) is 14.7 Å². The number of aromatic nitrogens is 1. The van der Waals surface area contributed by atoms with E-state index in [0.29, 0.717) is 30.0 Å². The quantitative estimate of drug-likeness (QED) is 0.843. The molecular weight excluding hydrogens is 346 g/mol. The smallest absolute Gasteiger partial charge is 0.326 e. The summed E-state index contributed by atoms with van der Waals surface area (Å²) < 4.78 is 17.4. The molecule has 0 saturated carbocycles. The zero-order valence-electron chi connectivity index (χ0n) is 11.5. The zero-order chi connectivity index (χ0) is 15.4. The summed E-state index contributed by atoms with van der Waals surface area (Å²) in [5.74, 6) is -0.711. The third-order valence-electron chi connectivity index (χ3n) is 3.21. The molecule has 0 spiro atoms. The van der Waals surface area contributed by atoms with Crippen LogP contribution in [0.25, 0.3) is 0 Å². The van der Waals surface area contributed by atoms with Crippen molar-refractivity contribution in [3.05, 3.63) is 27.1 Å². The fourth-order valence-corrected chi connectivity index (χ4v) is 2.61. The molecule has 2 rings (SSSR count). The number of hydrogen-bond donors (Lipinski definition) is 1. The van der Waals surface area contributed by atoms with Crippen molar-refractivity contribution in [1.82, 2.24) is 4.57 Å². The Bertz CT molecular complexity index is 566. The van der Waals surface area contributed by atoms with Crippen LogP contribution >= 0.6 is 15.9 Å². The third-order valence-corrected chi connectivity index (χ3v) is 3.83. The fourth-order valence-electron chi connectivity index (χ4n) is 2.15. The van der Waals surface area contributed by atoms with E-state index in [2.05, 4.69) is 15.9 Å². The number of aliphatic carboxylic acids is 1. The van der Waals surface area contributed by atoms with Gasteiger partial charge in [-0.05, 0) is 15.9 Å². The number of carboxylic acid groups (broad SMARTS) is 1. The van der Waals surface area contributed by atoms with E-state index in [0.717, 1.165) is 4.57 Å². The molecule has 1 aliphatic heterocycles. The highest BCUT2D eigenvalue weighted by atomic mass is 79.9. The Hall–Kier alpha value is -1.38. The summed E-state index contributed by atoms with van der Waals surface area (Å²) in [7, 11) is 1.45. The molecule has 8 heteroatoms. The Morgan fingerprint density at radius 1 is 1.62 bits per heavy atom. The average molecular weight is 362 g/mol. The molecule has 0 aliphatic carbocycles. The lowest BCUT2D eigenvalue weighted by molar-refractivity contribution is -0.145. The second kappa shape index (κ2) is 7.06. The number of halogens is 1. The molecule has 2 atom stereocenters. The Labute approximate surface area is 129 Å². The van der Waals surface area contributed by atoms with Crippen LogP contribution in [0.4, 0.5) is 0 Å². The molecule has 0 amide bonds. The maximum Gasteiger partial charge on any atom is 0.326 e. The highest BCUT2D eigenvalue weighted by molar-refractivity contribution is 9.10. The van der Waals surface area contributed by atoms with Gasteiger partial charge in [-0.1, -0.05) is 0 Å². The average Bonchev–Trinajstić information content (AvgIpc) is 2.46. The van der Waals surface area contributed by atoms with Gasteiger partial charge >= 0.3 is 5.97 Å². The molecule has 2 heterocycles. The Balaban J connectivity index is 2.29. The van der Waals surface area contributed by atoms with Crippen molar-refractivity contribution in [2.24, 2.45) is 0 Å². The van der Waals surface area contributed by atoms with Crippen LogP contribution in [0.3, 0.4) is 0 Å². The summed E-state index contributed by atoms with van der Waals surface area (Å²) in [5, 5.41) is 9.41. The standard InChI is InChI=1S/C13H16BrNO6/c1-19-11-6-15(12(16)5-9(11)14)10(13(17)18)4-8-7-20-2-3-21-8/h5-6,8,10H,2-4,7H2,1H3,(H,17,18). The van der Waals surface area contributed by atoms with Crippen molar-refractivity contribution in [1.29, 1.82) is 0 Å². The van der Waals surface area contributed by atoms with E-state index < -0.39 is 17.6 Å². The summed E-state index contributed by atoms with van der Waals surface area (Å²) in [5.41, 5.74) is -0.424. The first-order chi connectivity index (χ1) is 10.0. The van der Waals surface area contributed by atoms with Crippen LogP contribution in [0, 0.1) is 0 Å². The van der Waals surface area contributed by atoms with Crippen LogP contribution in [0.5, 0.6) is 5.75 Å². The van der Waals surface area contributed by atoms with E-state index in [1.165, 1.54) is 19.4 Å². The van der Waals surface area contributed by atoms with Gasteiger partial charge in [-0.2, -0.15) is 0 Å². The van der Waals surface area contributed by atoms with E-state index in [1.807, 2.05) is 0 Å². The van der Waals surface area contributed by atoms with Crippen LogP contribution in [-0.4, -0.2) is 48.7 Å². The van der Waals surface area contributed by atoms with E-state index in [-0.39, 0.29) is 12.5 Å². The first-order valence-electron chi connectivity index (χ1n) is 6.40. The van der Waals surface area contributed by atoms with Gasteiger partial charge < -0.3 is 19.3 Å². The number of hydrogen-bond acceptors (Lipinski definition) is 5. The van der Waals surface area contributed by atoms with Gasteiger partial charge in [0.05, 0.1) is 43.7 Å². The van der Waals surface area contributed by atoms with Gasteiger partial charge in [0, 0.05) is 12.5 Å². The lowest BCUT2D eigenvalue weighted by Crippen LogP contribution is -2.36. The number of rotatable bonds is 5. The highest BCUT2D eigenvalue weighted by Crippen LogP contribution is 2.25. The molecule has 7 nitrogen and oxygen atoms in total. The molecular formula is C13H16BrNO6. The molecule has 1 aromatic heterocycles. The predicted octanol–water partition coefficient (Wildman–Crippen LogP) is 1.05.